The number of hydrogen-bond donors (Lipinski definition) is 0. The summed E-state index contributed by atoms with van der Waals surface area (Å²) >= 11 is 0. The maximum Gasteiger partial charge on any atom is 0.236 e. The van der Waals surface area contributed by atoms with Crippen molar-refractivity contribution in [1.29, 1.82) is 0 Å². The van der Waals surface area contributed by atoms with Gasteiger partial charge in [-0.15, -0.1) is 0 Å². The Bertz CT molecular complexity index is 313. The average molecular weight is 265 g/mol. The van der Waals surface area contributed by atoms with Crippen molar-refractivity contribution in [2.24, 2.45) is 11.8 Å². The zero-order chi connectivity index (χ0) is 13.2. The Kier molecular flexibility index (Phi) is 4.08. The summed E-state index contributed by atoms with van der Waals surface area (Å²) in [7, 11) is 2.13. The highest BCUT2D eigenvalue weighted by molar-refractivity contribution is 5.78. The number of rotatable bonds is 2. The van der Waals surface area contributed by atoms with Crippen LogP contribution in [0.2, 0.25) is 0 Å². The second-order valence-electron chi connectivity index (χ2n) is 6.78. The van der Waals surface area contributed by atoms with Crippen LogP contribution < -0.4 is 0 Å². The third-order valence-electron chi connectivity index (χ3n) is 5.14. The third kappa shape index (κ3) is 3.29. The number of hydrogen-bond acceptors (Lipinski definition) is 3. The quantitative estimate of drug-likeness (QED) is 0.742. The van der Waals surface area contributed by atoms with Crippen LogP contribution in [0.1, 0.15) is 25.7 Å². The van der Waals surface area contributed by atoms with E-state index in [4.69, 9.17) is 0 Å². The van der Waals surface area contributed by atoms with E-state index in [-0.39, 0.29) is 0 Å². The van der Waals surface area contributed by atoms with E-state index in [0.29, 0.717) is 12.5 Å². The lowest BCUT2D eigenvalue weighted by molar-refractivity contribution is -0.134. The Hall–Kier alpha value is -0.610. The smallest absolute Gasteiger partial charge is 0.236 e. The van der Waals surface area contributed by atoms with E-state index >= 15 is 0 Å². The van der Waals surface area contributed by atoms with Gasteiger partial charge in [0.25, 0.3) is 0 Å². The summed E-state index contributed by atoms with van der Waals surface area (Å²) in [5.41, 5.74) is 0. The summed E-state index contributed by atoms with van der Waals surface area (Å²) in [4.78, 5) is 19.1. The van der Waals surface area contributed by atoms with Gasteiger partial charge in [0.05, 0.1) is 6.54 Å². The maximum absolute atomic E-state index is 12.4. The minimum absolute atomic E-state index is 0.355. The molecule has 4 nitrogen and oxygen atoms in total. The standard InChI is InChI=1S/C15H27N3O/c1-16-5-7-18(8-6-16)15(19)12-17-10-13-3-2-4-14(9-13)11-17/h13-14H,2-12H2,1H3. The Morgan fingerprint density at radius 3 is 2.32 bits per heavy atom. The Morgan fingerprint density at radius 2 is 1.68 bits per heavy atom. The van der Waals surface area contributed by atoms with Crippen molar-refractivity contribution in [2.75, 3.05) is 52.9 Å². The summed E-state index contributed by atoms with van der Waals surface area (Å²) in [5.74, 6) is 2.09. The summed E-state index contributed by atoms with van der Waals surface area (Å²) < 4.78 is 0. The molecule has 0 aromatic carbocycles. The zero-order valence-corrected chi connectivity index (χ0v) is 12.2. The first-order valence-electron chi connectivity index (χ1n) is 7.89. The number of nitrogens with zero attached hydrogens (tertiary/aromatic N) is 3. The molecule has 108 valence electrons. The molecule has 2 bridgehead atoms. The molecular weight excluding hydrogens is 238 g/mol. The molecule has 0 aromatic rings. The Labute approximate surface area is 116 Å². The molecule has 1 saturated carbocycles. The SMILES string of the molecule is CN1CCN(C(=O)CN2CC3CCCC(C3)C2)CC1. The fourth-order valence-electron chi connectivity index (χ4n) is 4.02. The van der Waals surface area contributed by atoms with Crippen LogP contribution in [0.15, 0.2) is 0 Å². The van der Waals surface area contributed by atoms with E-state index in [9.17, 15) is 4.79 Å². The van der Waals surface area contributed by atoms with Crippen molar-refractivity contribution < 1.29 is 4.79 Å². The van der Waals surface area contributed by atoms with Gasteiger partial charge in [-0.2, -0.15) is 0 Å². The molecule has 0 aromatic heterocycles. The van der Waals surface area contributed by atoms with Gasteiger partial charge in [-0.05, 0) is 38.1 Å². The number of likely N-dealkylation sites (N-methyl/N-ethyl adjacent to an activating group) is 1. The van der Waals surface area contributed by atoms with Crippen LogP contribution in [0, 0.1) is 11.8 Å². The van der Waals surface area contributed by atoms with Gasteiger partial charge in [-0.3, -0.25) is 9.69 Å². The van der Waals surface area contributed by atoms with E-state index in [1.54, 1.807) is 0 Å². The summed E-state index contributed by atoms with van der Waals surface area (Å²) in [6, 6.07) is 0. The molecule has 2 heterocycles. The van der Waals surface area contributed by atoms with E-state index < -0.39 is 0 Å². The lowest BCUT2D eigenvalue weighted by atomic mass is 9.78. The van der Waals surface area contributed by atoms with E-state index in [1.807, 2.05) is 0 Å². The monoisotopic (exact) mass is 265 g/mol. The normalized spacial score (nSPS) is 33.4. The molecule has 2 unspecified atom stereocenters. The van der Waals surface area contributed by atoms with Gasteiger partial charge in [-0.1, -0.05) is 6.42 Å². The predicted octanol–water partition coefficient (Wildman–Crippen LogP) is 0.882. The molecule has 4 heteroatoms. The Balaban J connectivity index is 1.49. The molecule has 1 amide bonds. The summed E-state index contributed by atoms with van der Waals surface area (Å²) in [6.07, 6.45) is 5.60. The van der Waals surface area contributed by atoms with Gasteiger partial charge in [-0.25, -0.2) is 0 Å². The first-order chi connectivity index (χ1) is 9.20. The van der Waals surface area contributed by atoms with Crippen LogP contribution in [-0.2, 0) is 4.79 Å². The van der Waals surface area contributed by atoms with Crippen LogP contribution in [0.3, 0.4) is 0 Å². The lowest BCUT2D eigenvalue weighted by Crippen LogP contribution is -2.52. The second kappa shape index (κ2) is 5.80. The zero-order valence-electron chi connectivity index (χ0n) is 12.2. The molecule has 2 saturated heterocycles. The fourth-order valence-corrected chi connectivity index (χ4v) is 4.02. The predicted molar refractivity (Wildman–Crippen MR) is 76.0 cm³/mol. The van der Waals surface area contributed by atoms with Gasteiger partial charge in [0.15, 0.2) is 0 Å². The topological polar surface area (TPSA) is 26.8 Å². The molecule has 0 radical (unpaired) electrons. The number of piperidine rings is 1. The van der Waals surface area contributed by atoms with Gasteiger partial charge < -0.3 is 9.80 Å². The highest BCUT2D eigenvalue weighted by Gasteiger charge is 2.32. The summed E-state index contributed by atoms with van der Waals surface area (Å²) in [6.45, 7) is 6.86. The van der Waals surface area contributed by atoms with Crippen molar-refractivity contribution >= 4 is 5.91 Å². The number of carbonyl (C=O) groups excluding carboxylic acids is 1. The minimum Gasteiger partial charge on any atom is -0.339 e. The van der Waals surface area contributed by atoms with Crippen LogP contribution in [0.25, 0.3) is 0 Å². The van der Waals surface area contributed by atoms with E-state index in [2.05, 4.69) is 21.7 Å². The third-order valence-corrected chi connectivity index (χ3v) is 5.14. The van der Waals surface area contributed by atoms with Crippen molar-refractivity contribution in [2.45, 2.75) is 25.7 Å². The number of piperazine rings is 1. The van der Waals surface area contributed by atoms with Crippen LogP contribution in [0.5, 0.6) is 0 Å². The van der Waals surface area contributed by atoms with E-state index in [0.717, 1.165) is 51.1 Å². The van der Waals surface area contributed by atoms with Gasteiger partial charge in [0.1, 0.15) is 0 Å². The number of fused-ring (bicyclic) bond motifs is 2. The molecule has 19 heavy (non-hydrogen) atoms. The van der Waals surface area contributed by atoms with Crippen molar-refractivity contribution in [3.05, 3.63) is 0 Å². The lowest BCUT2D eigenvalue weighted by Gasteiger charge is -2.42. The molecule has 2 aliphatic heterocycles. The molecular formula is C15H27N3O. The minimum atomic E-state index is 0.355. The second-order valence-corrected chi connectivity index (χ2v) is 6.78. The first-order valence-corrected chi connectivity index (χ1v) is 7.89. The van der Waals surface area contributed by atoms with Crippen molar-refractivity contribution in [3.8, 4) is 0 Å². The van der Waals surface area contributed by atoms with Crippen LogP contribution in [-0.4, -0.2) is 73.5 Å². The molecule has 3 rings (SSSR count). The fraction of sp³-hybridized carbons (Fsp3) is 0.933. The number of likely N-dealkylation sites (tertiary alicyclic amines) is 1. The van der Waals surface area contributed by atoms with Crippen LogP contribution >= 0.6 is 0 Å². The highest BCUT2D eigenvalue weighted by atomic mass is 16.2. The Morgan fingerprint density at radius 1 is 1.05 bits per heavy atom. The largest absolute Gasteiger partial charge is 0.339 e. The maximum atomic E-state index is 12.4. The number of amides is 1. The molecule has 3 aliphatic rings. The molecule has 3 fully saturated rings. The van der Waals surface area contributed by atoms with Crippen LogP contribution in [0.4, 0.5) is 0 Å². The van der Waals surface area contributed by atoms with E-state index in [1.165, 1.54) is 25.7 Å². The molecule has 0 spiro atoms. The van der Waals surface area contributed by atoms with Gasteiger partial charge in [0.2, 0.25) is 5.91 Å². The van der Waals surface area contributed by atoms with Gasteiger partial charge in [0, 0.05) is 39.3 Å². The number of carbonyl (C=O) groups is 1. The summed E-state index contributed by atoms with van der Waals surface area (Å²) in [5, 5.41) is 0. The van der Waals surface area contributed by atoms with Crippen molar-refractivity contribution in [1.82, 2.24) is 14.7 Å². The average Bonchev–Trinajstić information content (AvgIpc) is 2.39. The molecule has 2 atom stereocenters. The van der Waals surface area contributed by atoms with Gasteiger partial charge >= 0.3 is 0 Å². The first kappa shape index (κ1) is 13.4. The molecule has 0 N–H and O–H groups in total. The highest BCUT2D eigenvalue weighted by Crippen LogP contribution is 2.34. The van der Waals surface area contributed by atoms with Crippen molar-refractivity contribution in [3.63, 3.8) is 0 Å². The molecule has 1 aliphatic carbocycles.